The highest BCUT2D eigenvalue weighted by Gasteiger charge is 2.54. The second-order valence-corrected chi connectivity index (χ2v) is 7.16. The van der Waals surface area contributed by atoms with Gasteiger partial charge in [0.1, 0.15) is 0 Å². The van der Waals surface area contributed by atoms with Gasteiger partial charge in [0, 0.05) is 29.1 Å². The van der Waals surface area contributed by atoms with E-state index in [9.17, 15) is 0 Å². The molecule has 0 unspecified atom stereocenters. The maximum absolute atomic E-state index is 6.21. The molecule has 1 aromatic carbocycles. The van der Waals surface area contributed by atoms with Crippen molar-refractivity contribution in [3.63, 3.8) is 0 Å². The summed E-state index contributed by atoms with van der Waals surface area (Å²) < 4.78 is 12.2. The van der Waals surface area contributed by atoms with Crippen molar-refractivity contribution in [2.75, 3.05) is 31.2 Å². The van der Waals surface area contributed by atoms with Crippen LogP contribution >= 0.6 is 11.6 Å². The number of ether oxygens (including phenoxy) is 2. The van der Waals surface area contributed by atoms with Gasteiger partial charge in [-0.05, 0) is 24.6 Å². The predicted octanol–water partition coefficient (Wildman–Crippen LogP) is 3.19. The Bertz CT molecular complexity index is 621. The number of anilines is 1. The summed E-state index contributed by atoms with van der Waals surface area (Å²) in [6.45, 7) is 7.53. The van der Waals surface area contributed by atoms with E-state index in [1.165, 1.54) is 0 Å². The molecule has 4 rings (SSSR count). The van der Waals surface area contributed by atoms with Crippen LogP contribution in [0.25, 0.3) is 0 Å². The first kappa shape index (κ1) is 13.6. The van der Waals surface area contributed by atoms with Gasteiger partial charge in [-0.2, -0.15) is 0 Å². The zero-order valence-corrected chi connectivity index (χ0v) is 13.1. The maximum atomic E-state index is 6.21. The summed E-state index contributed by atoms with van der Waals surface area (Å²) in [4.78, 5) is 7.05. The van der Waals surface area contributed by atoms with E-state index in [0.717, 1.165) is 36.6 Å². The topological polar surface area (TPSA) is 34.1 Å². The van der Waals surface area contributed by atoms with Gasteiger partial charge >= 0.3 is 0 Å². The summed E-state index contributed by atoms with van der Waals surface area (Å²) in [5, 5.41) is 0.700. The van der Waals surface area contributed by atoms with Crippen molar-refractivity contribution < 1.29 is 9.47 Å². The number of amidine groups is 1. The summed E-state index contributed by atoms with van der Waals surface area (Å²) >= 11 is 6.21. The third kappa shape index (κ3) is 1.93. The monoisotopic (exact) mass is 306 g/mol. The Morgan fingerprint density at radius 1 is 1.24 bits per heavy atom. The van der Waals surface area contributed by atoms with Crippen molar-refractivity contribution in [1.82, 2.24) is 0 Å². The van der Waals surface area contributed by atoms with E-state index in [1.54, 1.807) is 0 Å². The van der Waals surface area contributed by atoms with Gasteiger partial charge in [0.25, 0.3) is 5.79 Å². The van der Waals surface area contributed by atoms with E-state index in [2.05, 4.69) is 18.7 Å². The van der Waals surface area contributed by atoms with Crippen molar-refractivity contribution in [2.24, 2.45) is 10.4 Å². The first-order valence-electron chi connectivity index (χ1n) is 7.42. The van der Waals surface area contributed by atoms with Crippen LogP contribution in [0.4, 0.5) is 5.69 Å². The number of hydrogen-bond acceptors (Lipinski definition) is 4. The number of rotatable bonds is 0. The molecule has 1 fully saturated rings. The standard InChI is InChI=1S/C16H19ClN2O2/c1-15(2)9-18-14-16(20-6-3-7-21-16)12-8-11(17)4-5-13(12)19(14)10-15/h4-5,8H,3,6-7,9-10H2,1-2H3. The zero-order chi connectivity index (χ0) is 14.7. The minimum absolute atomic E-state index is 0.139. The number of fused-ring (bicyclic) bond motifs is 5. The Labute approximate surface area is 129 Å². The highest BCUT2D eigenvalue weighted by molar-refractivity contribution is 6.31. The normalized spacial score (nSPS) is 25.5. The van der Waals surface area contributed by atoms with Crippen LogP contribution in [0.1, 0.15) is 25.8 Å². The lowest BCUT2D eigenvalue weighted by Crippen LogP contribution is -2.52. The Balaban J connectivity index is 1.91. The second-order valence-electron chi connectivity index (χ2n) is 6.72. The van der Waals surface area contributed by atoms with E-state index in [-0.39, 0.29) is 5.41 Å². The molecule has 1 aromatic rings. The molecular formula is C16H19ClN2O2. The number of hydrogen-bond donors (Lipinski definition) is 0. The Morgan fingerprint density at radius 2 is 2.00 bits per heavy atom. The number of halogens is 1. The van der Waals surface area contributed by atoms with Gasteiger partial charge in [0.2, 0.25) is 0 Å². The highest BCUT2D eigenvalue weighted by atomic mass is 35.5. The molecule has 0 radical (unpaired) electrons. The molecule has 0 saturated carbocycles. The Morgan fingerprint density at radius 3 is 2.76 bits per heavy atom. The Kier molecular flexibility index (Phi) is 2.87. The predicted molar refractivity (Wildman–Crippen MR) is 83.1 cm³/mol. The van der Waals surface area contributed by atoms with E-state index in [0.29, 0.717) is 18.2 Å². The smallest absolute Gasteiger partial charge is 0.257 e. The van der Waals surface area contributed by atoms with Gasteiger partial charge in [-0.15, -0.1) is 0 Å². The molecule has 0 aliphatic carbocycles. The van der Waals surface area contributed by atoms with Gasteiger partial charge < -0.3 is 14.4 Å². The Hall–Kier alpha value is -1.10. The molecule has 0 amide bonds. The van der Waals surface area contributed by atoms with Gasteiger partial charge in [-0.1, -0.05) is 25.4 Å². The quantitative estimate of drug-likeness (QED) is 0.738. The molecular weight excluding hydrogens is 288 g/mol. The van der Waals surface area contributed by atoms with E-state index < -0.39 is 5.79 Å². The molecule has 0 atom stereocenters. The van der Waals surface area contributed by atoms with Crippen LogP contribution < -0.4 is 4.90 Å². The van der Waals surface area contributed by atoms with Crippen LogP contribution in [0.15, 0.2) is 23.2 Å². The molecule has 5 heteroatoms. The highest BCUT2D eigenvalue weighted by Crippen LogP contribution is 2.49. The molecule has 0 bridgehead atoms. The first-order chi connectivity index (χ1) is 10.0. The fraction of sp³-hybridized carbons (Fsp3) is 0.562. The first-order valence-corrected chi connectivity index (χ1v) is 7.80. The fourth-order valence-corrected chi connectivity index (χ4v) is 3.52. The van der Waals surface area contributed by atoms with Crippen LogP contribution in [0.2, 0.25) is 5.02 Å². The summed E-state index contributed by atoms with van der Waals surface area (Å²) in [7, 11) is 0. The molecule has 3 aliphatic heterocycles. The molecule has 21 heavy (non-hydrogen) atoms. The SMILES string of the molecule is CC1(C)CN=C2N(C1)c1ccc(Cl)cc1C21OCCCO1. The largest absolute Gasteiger partial charge is 0.340 e. The van der Waals surface area contributed by atoms with E-state index in [1.807, 2.05) is 18.2 Å². The van der Waals surface area contributed by atoms with Gasteiger partial charge in [0.05, 0.1) is 18.9 Å². The number of aliphatic imine (C=N–C) groups is 1. The average Bonchev–Trinajstić information content (AvgIpc) is 2.69. The van der Waals surface area contributed by atoms with Crippen LogP contribution in [0, 0.1) is 5.41 Å². The minimum atomic E-state index is -0.852. The van der Waals surface area contributed by atoms with Crippen molar-refractivity contribution in [3.05, 3.63) is 28.8 Å². The molecule has 1 spiro atoms. The van der Waals surface area contributed by atoms with Crippen LogP contribution in [-0.2, 0) is 15.3 Å². The second kappa shape index (κ2) is 4.45. The van der Waals surface area contributed by atoms with Gasteiger partial charge in [0.15, 0.2) is 5.84 Å². The average molecular weight is 307 g/mol. The molecule has 0 aromatic heterocycles. The van der Waals surface area contributed by atoms with Crippen LogP contribution in [0.3, 0.4) is 0 Å². The third-order valence-corrected chi connectivity index (χ3v) is 4.53. The van der Waals surface area contributed by atoms with Crippen molar-refractivity contribution in [3.8, 4) is 0 Å². The lowest BCUT2D eigenvalue weighted by Gasteiger charge is -2.40. The van der Waals surface area contributed by atoms with Gasteiger partial charge in [-0.3, -0.25) is 4.99 Å². The number of benzene rings is 1. The molecule has 0 N–H and O–H groups in total. The molecule has 112 valence electrons. The maximum Gasteiger partial charge on any atom is 0.257 e. The van der Waals surface area contributed by atoms with E-state index >= 15 is 0 Å². The minimum Gasteiger partial charge on any atom is -0.340 e. The van der Waals surface area contributed by atoms with Gasteiger partial charge in [-0.25, -0.2) is 0 Å². The molecule has 4 nitrogen and oxygen atoms in total. The number of nitrogens with zero attached hydrogens (tertiary/aromatic N) is 2. The molecule has 1 saturated heterocycles. The van der Waals surface area contributed by atoms with Crippen LogP contribution in [0.5, 0.6) is 0 Å². The molecule has 3 heterocycles. The third-order valence-electron chi connectivity index (χ3n) is 4.30. The van der Waals surface area contributed by atoms with Crippen molar-refractivity contribution >= 4 is 23.1 Å². The summed E-state index contributed by atoms with van der Waals surface area (Å²) in [5.41, 5.74) is 2.24. The van der Waals surface area contributed by atoms with Crippen molar-refractivity contribution in [1.29, 1.82) is 0 Å². The van der Waals surface area contributed by atoms with Crippen LogP contribution in [-0.4, -0.2) is 32.1 Å². The summed E-state index contributed by atoms with van der Waals surface area (Å²) in [6.07, 6.45) is 0.913. The summed E-state index contributed by atoms with van der Waals surface area (Å²) in [6, 6.07) is 5.92. The summed E-state index contributed by atoms with van der Waals surface area (Å²) in [5.74, 6) is 0.0356. The van der Waals surface area contributed by atoms with Crippen molar-refractivity contribution in [2.45, 2.75) is 26.1 Å². The molecule has 3 aliphatic rings. The zero-order valence-electron chi connectivity index (χ0n) is 12.4. The van der Waals surface area contributed by atoms with E-state index in [4.69, 9.17) is 26.1 Å². The fourth-order valence-electron chi connectivity index (χ4n) is 3.35. The lowest BCUT2D eigenvalue weighted by molar-refractivity contribution is -0.228. The lowest BCUT2D eigenvalue weighted by atomic mass is 9.91.